The number of aliphatic imine (C=N–C) groups is 1. The third-order valence-corrected chi connectivity index (χ3v) is 1.57. The van der Waals surface area contributed by atoms with Crippen molar-refractivity contribution in [1.29, 1.82) is 0 Å². The van der Waals surface area contributed by atoms with Gasteiger partial charge in [0.25, 0.3) is 0 Å². The summed E-state index contributed by atoms with van der Waals surface area (Å²) < 4.78 is 0. The topological polar surface area (TPSA) is 52.9 Å². The Kier molecular flexibility index (Phi) is 2.36. The molecule has 0 aromatic rings. The van der Waals surface area contributed by atoms with Crippen molar-refractivity contribution in [1.82, 2.24) is 4.90 Å². The Morgan fingerprint density at radius 2 is 2.45 bits per heavy atom. The minimum Gasteiger partial charge on any atom is -0.465 e. The molecule has 1 aliphatic rings. The summed E-state index contributed by atoms with van der Waals surface area (Å²) in [6.45, 7) is 0. The highest BCUT2D eigenvalue weighted by Crippen LogP contribution is 2.15. The standard InChI is InChI=1S/C5H4Cl2N2O2/c6-3-2-9(5(10)11)4(7)1-8-3/h1-2,4H,(H,10,11). The molecule has 1 unspecified atom stereocenters. The van der Waals surface area contributed by atoms with Crippen LogP contribution in [0.3, 0.4) is 0 Å². The first-order valence-corrected chi connectivity index (χ1v) is 3.49. The zero-order valence-corrected chi connectivity index (χ0v) is 6.75. The van der Waals surface area contributed by atoms with Crippen LogP contribution in [-0.2, 0) is 0 Å². The quantitative estimate of drug-likeness (QED) is 0.471. The fourth-order valence-corrected chi connectivity index (χ4v) is 0.942. The maximum atomic E-state index is 10.4. The smallest absolute Gasteiger partial charge is 0.413 e. The lowest BCUT2D eigenvalue weighted by Crippen LogP contribution is -2.34. The van der Waals surface area contributed by atoms with E-state index in [1.165, 1.54) is 6.21 Å². The lowest BCUT2D eigenvalue weighted by atomic mass is 10.5. The monoisotopic (exact) mass is 194 g/mol. The predicted molar refractivity (Wildman–Crippen MR) is 41.9 cm³/mol. The number of rotatable bonds is 0. The van der Waals surface area contributed by atoms with Crippen molar-refractivity contribution in [3.8, 4) is 0 Å². The van der Waals surface area contributed by atoms with Gasteiger partial charge in [-0.3, -0.25) is 4.90 Å². The first-order chi connectivity index (χ1) is 5.11. The van der Waals surface area contributed by atoms with Crippen LogP contribution in [0, 0.1) is 0 Å². The van der Waals surface area contributed by atoms with E-state index in [0.29, 0.717) is 0 Å². The highest BCUT2D eigenvalue weighted by molar-refractivity contribution is 6.32. The zero-order chi connectivity index (χ0) is 8.43. The van der Waals surface area contributed by atoms with E-state index in [4.69, 9.17) is 28.3 Å². The molecule has 0 aromatic heterocycles. The maximum Gasteiger partial charge on any atom is 0.413 e. The Balaban J connectivity index is 2.81. The number of hydrogen-bond acceptors (Lipinski definition) is 2. The van der Waals surface area contributed by atoms with Gasteiger partial charge in [0, 0.05) is 12.4 Å². The van der Waals surface area contributed by atoms with E-state index in [-0.39, 0.29) is 5.16 Å². The van der Waals surface area contributed by atoms with E-state index in [2.05, 4.69) is 4.99 Å². The van der Waals surface area contributed by atoms with Gasteiger partial charge < -0.3 is 5.11 Å². The molecule has 4 nitrogen and oxygen atoms in total. The SMILES string of the molecule is O=C(O)N1C=C(Cl)N=CC1Cl. The molecule has 1 aliphatic heterocycles. The summed E-state index contributed by atoms with van der Waals surface area (Å²) in [4.78, 5) is 14.9. The molecule has 0 spiro atoms. The van der Waals surface area contributed by atoms with Crippen LogP contribution in [0.5, 0.6) is 0 Å². The number of carbonyl (C=O) groups is 1. The van der Waals surface area contributed by atoms with Crippen molar-refractivity contribution in [2.24, 2.45) is 4.99 Å². The normalized spacial score (nSPS) is 23.3. The molecular formula is C5H4Cl2N2O2. The Morgan fingerprint density at radius 3 is 2.91 bits per heavy atom. The van der Waals surface area contributed by atoms with Crippen LogP contribution >= 0.6 is 23.2 Å². The summed E-state index contributed by atoms with van der Waals surface area (Å²) in [7, 11) is 0. The van der Waals surface area contributed by atoms with E-state index < -0.39 is 11.6 Å². The molecule has 0 saturated heterocycles. The molecule has 1 amide bonds. The molecule has 60 valence electrons. The maximum absolute atomic E-state index is 10.4. The second-order valence-corrected chi connectivity index (χ2v) is 2.63. The van der Waals surface area contributed by atoms with Crippen LogP contribution in [0.15, 0.2) is 16.3 Å². The molecule has 0 aromatic carbocycles. The largest absolute Gasteiger partial charge is 0.465 e. The molecule has 1 heterocycles. The molecule has 0 fully saturated rings. The zero-order valence-electron chi connectivity index (χ0n) is 5.24. The average molecular weight is 195 g/mol. The van der Waals surface area contributed by atoms with Gasteiger partial charge in [0.15, 0.2) is 0 Å². The average Bonchev–Trinajstić information content (AvgIpc) is 1.94. The molecule has 11 heavy (non-hydrogen) atoms. The van der Waals surface area contributed by atoms with Gasteiger partial charge in [-0.05, 0) is 0 Å². The Bertz CT molecular complexity index is 239. The molecular weight excluding hydrogens is 191 g/mol. The lowest BCUT2D eigenvalue weighted by molar-refractivity contribution is 0.164. The third kappa shape index (κ3) is 1.85. The number of halogens is 2. The minimum absolute atomic E-state index is 0.101. The Hall–Kier alpha value is -0.740. The number of alkyl halides is 1. The van der Waals surface area contributed by atoms with Gasteiger partial charge in [-0.15, -0.1) is 0 Å². The highest BCUT2D eigenvalue weighted by Gasteiger charge is 2.20. The molecule has 1 rings (SSSR count). The van der Waals surface area contributed by atoms with E-state index in [0.717, 1.165) is 11.1 Å². The molecule has 0 aliphatic carbocycles. The van der Waals surface area contributed by atoms with Gasteiger partial charge in [-0.1, -0.05) is 23.2 Å². The third-order valence-electron chi connectivity index (χ3n) is 1.05. The summed E-state index contributed by atoms with van der Waals surface area (Å²) >= 11 is 11.0. The van der Waals surface area contributed by atoms with Crippen LogP contribution in [0.2, 0.25) is 0 Å². The van der Waals surface area contributed by atoms with Gasteiger partial charge >= 0.3 is 6.09 Å². The Morgan fingerprint density at radius 1 is 1.82 bits per heavy atom. The van der Waals surface area contributed by atoms with Crippen molar-refractivity contribution < 1.29 is 9.90 Å². The van der Waals surface area contributed by atoms with Crippen LogP contribution < -0.4 is 0 Å². The van der Waals surface area contributed by atoms with Crippen LogP contribution in [-0.4, -0.2) is 27.8 Å². The summed E-state index contributed by atoms with van der Waals surface area (Å²) in [6.07, 6.45) is 1.24. The summed E-state index contributed by atoms with van der Waals surface area (Å²) in [6, 6.07) is 0. The summed E-state index contributed by atoms with van der Waals surface area (Å²) in [5.74, 6) is 0. The van der Waals surface area contributed by atoms with Gasteiger partial charge in [0.1, 0.15) is 10.7 Å². The van der Waals surface area contributed by atoms with E-state index in [1.54, 1.807) is 0 Å². The van der Waals surface area contributed by atoms with E-state index >= 15 is 0 Å². The van der Waals surface area contributed by atoms with Crippen molar-refractivity contribution in [3.63, 3.8) is 0 Å². The summed E-state index contributed by atoms with van der Waals surface area (Å²) in [5.41, 5.74) is -0.769. The first-order valence-electron chi connectivity index (χ1n) is 2.68. The van der Waals surface area contributed by atoms with Gasteiger partial charge in [0.05, 0.1) is 0 Å². The van der Waals surface area contributed by atoms with Crippen molar-refractivity contribution in [3.05, 3.63) is 11.4 Å². The van der Waals surface area contributed by atoms with Crippen LogP contribution in [0.25, 0.3) is 0 Å². The highest BCUT2D eigenvalue weighted by atomic mass is 35.5. The van der Waals surface area contributed by atoms with Gasteiger partial charge in [0.2, 0.25) is 0 Å². The molecule has 1 atom stereocenters. The van der Waals surface area contributed by atoms with Crippen LogP contribution in [0.4, 0.5) is 4.79 Å². The molecule has 0 saturated carbocycles. The second kappa shape index (κ2) is 3.11. The van der Waals surface area contributed by atoms with E-state index in [1.807, 2.05) is 0 Å². The second-order valence-electron chi connectivity index (χ2n) is 1.79. The molecule has 0 bridgehead atoms. The number of carboxylic acid groups (broad SMARTS) is 1. The molecule has 1 N–H and O–H groups in total. The van der Waals surface area contributed by atoms with Crippen LogP contribution in [0.1, 0.15) is 0 Å². The first kappa shape index (κ1) is 8.36. The van der Waals surface area contributed by atoms with Crippen molar-refractivity contribution in [2.45, 2.75) is 5.50 Å². The molecule has 6 heteroatoms. The molecule has 0 radical (unpaired) electrons. The summed E-state index contributed by atoms with van der Waals surface area (Å²) in [5, 5.41) is 8.60. The van der Waals surface area contributed by atoms with Gasteiger partial charge in [-0.2, -0.15) is 0 Å². The lowest BCUT2D eigenvalue weighted by Gasteiger charge is -2.19. The van der Waals surface area contributed by atoms with Crippen molar-refractivity contribution >= 4 is 35.5 Å². The fraction of sp³-hybridized carbons (Fsp3) is 0.200. The number of amides is 1. The fourth-order valence-electron chi connectivity index (χ4n) is 0.585. The Labute approximate surface area is 72.7 Å². The number of nitrogens with zero attached hydrogens (tertiary/aromatic N) is 2. The number of hydrogen-bond donors (Lipinski definition) is 1. The minimum atomic E-state index is -1.16. The van der Waals surface area contributed by atoms with Gasteiger partial charge in [-0.25, -0.2) is 9.79 Å². The van der Waals surface area contributed by atoms with E-state index in [9.17, 15) is 4.79 Å². The predicted octanol–water partition coefficient (Wildman–Crippen LogP) is 1.65. The van der Waals surface area contributed by atoms with Crippen molar-refractivity contribution in [2.75, 3.05) is 0 Å².